The molecule has 2 aromatic rings. The smallest absolute Gasteiger partial charge is 0.283 e. The van der Waals surface area contributed by atoms with Gasteiger partial charge in [-0.15, -0.1) is 0 Å². The van der Waals surface area contributed by atoms with Gasteiger partial charge >= 0.3 is 0 Å². The van der Waals surface area contributed by atoms with E-state index in [0.29, 0.717) is 5.65 Å². The minimum atomic E-state index is -4.02. The first-order valence-corrected chi connectivity index (χ1v) is 5.52. The number of hydrogen-bond donors (Lipinski definition) is 1. The predicted octanol–water partition coefficient (Wildman–Crippen LogP) is 0.882. The van der Waals surface area contributed by atoms with E-state index in [-0.39, 0.29) is 0 Å². The second-order valence-electron chi connectivity index (χ2n) is 2.91. The maximum absolute atomic E-state index is 10.6. The lowest BCUT2D eigenvalue weighted by Crippen LogP contribution is -2.08. The third kappa shape index (κ3) is 1.75. The average Bonchev–Trinajstić information content (AvgIpc) is 2.47. The van der Waals surface area contributed by atoms with Gasteiger partial charge in [0.25, 0.3) is 10.1 Å². The second kappa shape index (κ2) is 3.07. The molecule has 0 bridgehead atoms. The highest BCUT2D eigenvalue weighted by molar-refractivity contribution is 7.84. The van der Waals surface area contributed by atoms with E-state index in [1.165, 1.54) is 4.57 Å². The van der Waals surface area contributed by atoms with Gasteiger partial charge in [-0.25, -0.2) is 4.98 Å². The minimum Gasteiger partial charge on any atom is -0.315 e. The Balaban J connectivity index is 2.54. The fourth-order valence-corrected chi connectivity index (χ4v) is 1.86. The second-order valence-corrected chi connectivity index (χ2v) is 4.33. The molecule has 0 amide bonds. The molecule has 74 valence electrons. The van der Waals surface area contributed by atoms with Crippen LogP contribution in [0.25, 0.3) is 11.0 Å². The Kier molecular flexibility index (Phi) is 2.01. The van der Waals surface area contributed by atoms with Crippen LogP contribution in [0.2, 0.25) is 0 Å². The molecule has 14 heavy (non-hydrogen) atoms. The SMILES string of the molecule is O=S(=O)(O)Cn1ccc2cccnc21. The van der Waals surface area contributed by atoms with Crippen LogP contribution in [0, 0.1) is 0 Å². The van der Waals surface area contributed by atoms with Gasteiger partial charge in [0.05, 0.1) is 0 Å². The summed E-state index contributed by atoms with van der Waals surface area (Å²) in [5, 5.41) is 0.844. The van der Waals surface area contributed by atoms with Crippen LogP contribution in [0.4, 0.5) is 0 Å². The topological polar surface area (TPSA) is 72.2 Å². The number of fused-ring (bicyclic) bond motifs is 1. The third-order valence-corrected chi connectivity index (χ3v) is 2.43. The van der Waals surface area contributed by atoms with Gasteiger partial charge in [0, 0.05) is 17.8 Å². The first-order chi connectivity index (χ1) is 6.56. The summed E-state index contributed by atoms with van der Waals surface area (Å²) in [5.41, 5.74) is 0.546. The lowest BCUT2D eigenvalue weighted by Gasteiger charge is -2.00. The van der Waals surface area contributed by atoms with E-state index >= 15 is 0 Å². The third-order valence-electron chi connectivity index (χ3n) is 1.83. The van der Waals surface area contributed by atoms with Gasteiger partial charge in [-0.1, -0.05) is 0 Å². The zero-order valence-corrected chi connectivity index (χ0v) is 7.98. The maximum atomic E-state index is 10.6. The monoisotopic (exact) mass is 212 g/mol. The molecule has 0 unspecified atom stereocenters. The van der Waals surface area contributed by atoms with Crippen molar-refractivity contribution in [2.24, 2.45) is 0 Å². The zero-order chi connectivity index (χ0) is 10.2. The molecule has 6 heteroatoms. The van der Waals surface area contributed by atoms with E-state index < -0.39 is 16.0 Å². The molecule has 0 aliphatic carbocycles. The van der Waals surface area contributed by atoms with E-state index in [4.69, 9.17) is 4.55 Å². The van der Waals surface area contributed by atoms with E-state index in [0.717, 1.165) is 5.39 Å². The molecule has 5 nitrogen and oxygen atoms in total. The van der Waals surface area contributed by atoms with Crippen LogP contribution in [0.3, 0.4) is 0 Å². The highest BCUT2D eigenvalue weighted by atomic mass is 32.2. The van der Waals surface area contributed by atoms with Crippen LogP contribution in [-0.4, -0.2) is 22.5 Å². The fraction of sp³-hybridized carbons (Fsp3) is 0.125. The Morgan fingerprint density at radius 1 is 1.43 bits per heavy atom. The molecule has 0 spiro atoms. The number of aromatic nitrogens is 2. The Labute approximate surface area is 80.7 Å². The Morgan fingerprint density at radius 2 is 2.21 bits per heavy atom. The predicted molar refractivity (Wildman–Crippen MR) is 51.3 cm³/mol. The summed E-state index contributed by atoms with van der Waals surface area (Å²) in [7, 11) is -4.02. The van der Waals surface area contributed by atoms with Crippen molar-refractivity contribution in [2.75, 3.05) is 0 Å². The van der Waals surface area contributed by atoms with Crippen molar-refractivity contribution in [2.45, 2.75) is 5.88 Å². The number of hydrogen-bond acceptors (Lipinski definition) is 3. The summed E-state index contributed by atoms with van der Waals surface area (Å²) in [6.45, 7) is 0. The highest BCUT2D eigenvalue weighted by Crippen LogP contribution is 2.12. The number of nitrogens with zero attached hydrogens (tertiary/aromatic N) is 2. The standard InChI is InChI=1S/C8H8N2O3S/c11-14(12,13)6-10-5-3-7-2-1-4-9-8(7)10/h1-5H,6H2,(H,11,12,13). The lowest BCUT2D eigenvalue weighted by atomic mass is 10.3. The Hall–Kier alpha value is -1.40. The first-order valence-electron chi connectivity index (χ1n) is 3.91. The summed E-state index contributed by atoms with van der Waals surface area (Å²) in [4.78, 5) is 4.01. The number of pyridine rings is 1. The van der Waals surface area contributed by atoms with Crippen LogP contribution >= 0.6 is 0 Å². The van der Waals surface area contributed by atoms with Crippen molar-refractivity contribution in [3.05, 3.63) is 30.6 Å². The van der Waals surface area contributed by atoms with Crippen molar-refractivity contribution in [3.63, 3.8) is 0 Å². The summed E-state index contributed by atoms with van der Waals surface area (Å²) in [6, 6.07) is 5.33. The largest absolute Gasteiger partial charge is 0.315 e. The molecule has 0 aliphatic rings. The summed E-state index contributed by atoms with van der Waals surface area (Å²) >= 11 is 0. The van der Waals surface area contributed by atoms with E-state index in [2.05, 4.69) is 4.98 Å². The van der Waals surface area contributed by atoms with Crippen LogP contribution in [0.15, 0.2) is 30.6 Å². The molecule has 0 aliphatic heterocycles. The van der Waals surface area contributed by atoms with Crippen molar-refractivity contribution >= 4 is 21.2 Å². The molecule has 2 rings (SSSR count). The lowest BCUT2D eigenvalue weighted by molar-refractivity contribution is 0.472. The van der Waals surface area contributed by atoms with Gasteiger partial charge in [-0.05, 0) is 18.2 Å². The molecule has 1 N–H and O–H groups in total. The molecular formula is C8H8N2O3S. The van der Waals surface area contributed by atoms with Crippen molar-refractivity contribution < 1.29 is 13.0 Å². The van der Waals surface area contributed by atoms with Crippen LogP contribution < -0.4 is 0 Å². The van der Waals surface area contributed by atoms with Crippen LogP contribution in [-0.2, 0) is 16.0 Å². The Morgan fingerprint density at radius 3 is 2.93 bits per heavy atom. The van der Waals surface area contributed by atoms with Crippen molar-refractivity contribution in [3.8, 4) is 0 Å². The van der Waals surface area contributed by atoms with Crippen molar-refractivity contribution in [1.82, 2.24) is 9.55 Å². The van der Waals surface area contributed by atoms with Gasteiger partial charge < -0.3 is 4.57 Å². The molecule has 0 aromatic carbocycles. The fourth-order valence-electron chi connectivity index (χ4n) is 1.30. The summed E-state index contributed by atoms with van der Waals surface area (Å²) < 4.78 is 31.4. The minimum absolute atomic E-state index is 0.465. The first kappa shape index (κ1) is 9.17. The molecule has 2 aromatic heterocycles. The molecule has 0 radical (unpaired) electrons. The molecule has 0 saturated carbocycles. The zero-order valence-electron chi connectivity index (χ0n) is 7.16. The normalized spacial score (nSPS) is 12.1. The molecule has 2 heterocycles. The van der Waals surface area contributed by atoms with E-state index in [1.807, 2.05) is 6.07 Å². The van der Waals surface area contributed by atoms with Gasteiger partial charge in [-0.3, -0.25) is 4.55 Å². The summed E-state index contributed by atoms with van der Waals surface area (Å²) in [5.74, 6) is -0.465. The van der Waals surface area contributed by atoms with E-state index in [9.17, 15) is 8.42 Å². The Bertz CT molecular complexity index is 559. The number of rotatable bonds is 2. The summed E-state index contributed by atoms with van der Waals surface area (Å²) in [6.07, 6.45) is 3.15. The van der Waals surface area contributed by atoms with Gasteiger partial charge in [0.2, 0.25) is 0 Å². The molecule has 0 atom stereocenters. The van der Waals surface area contributed by atoms with Crippen LogP contribution in [0.5, 0.6) is 0 Å². The average molecular weight is 212 g/mol. The molecule has 0 fully saturated rings. The highest BCUT2D eigenvalue weighted by Gasteiger charge is 2.08. The van der Waals surface area contributed by atoms with Gasteiger partial charge in [0.1, 0.15) is 5.65 Å². The molecular weight excluding hydrogens is 204 g/mol. The quantitative estimate of drug-likeness (QED) is 0.750. The van der Waals surface area contributed by atoms with Gasteiger partial charge in [-0.2, -0.15) is 8.42 Å². The van der Waals surface area contributed by atoms with E-state index in [1.54, 1.807) is 24.5 Å². The van der Waals surface area contributed by atoms with Gasteiger partial charge in [0.15, 0.2) is 5.88 Å². The molecule has 0 saturated heterocycles. The van der Waals surface area contributed by atoms with Crippen LogP contribution in [0.1, 0.15) is 0 Å². The van der Waals surface area contributed by atoms with Crippen molar-refractivity contribution in [1.29, 1.82) is 0 Å². The maximum Gasteiger partial charge on any atom is 0.283 e.